The smallest absolute Gasteiger partial charge is 0.266 e. The first-order valence-electron chi connectivity index (χ1n) is 5.74. The predicted octanol–water partition coefficient (Wildman–Crippen LogP) is -5.07. The Hall–Kier alpha value is -0.700. The molecular formula is C9H17NO10S. The molecule has 0 aromatic carbocycles. The molecule has 0 radical (unpaired) electrons. The van der Waals surface area contributed by atoms with Gasteiger partial charge in [0.2, 0.25) is 5.78 Å². The van der Waals surface area contributed by atoms with Crippen molar-refractivity contribution in [3.8, 4) is 0 Å². The van der Waals surface area contributed by atoms with Crippen LogP contribution in [0.2, 0.25) is 0 Å². The summed E-state index contributed by atoms with van der Waals surface area (Å²) in [5, 5.41) is 47.6. The van der Waals surface area contributed by atoms with Gasteiger partial charge in [0.1, 0.15) is 24.4 Å². The minimum absolute atomic E-state index is 0.909. The van der Waals surface area contributed by atoms with Crippen LogP contribution in [-0.2, 0) is 19.6 Å². The number of rotatable bonds is 5. The van der Waals surface area contributed by atoms with E-state index in [1.165, 1.54) is 0 Å². The third-order valence-electron chi connectivity index (χ3n) is 3.05. The van der Waals surface area contributed by atoms with E-state index >= 15 is 0 Å². The van der Waals surface area contributed by atoms with Crippen molar-refractivity contribution >= 4 is 15.9 Å². The Kier molecular flexibility index (Phi) is 5.41. The molecule has 12 heteroatoms. The second kappa shape index (κ2) is 6.20. The molecule has 0 unspecified atom stereocenters. The Morgan fingerprint density at radius 2 is 1.81 bits per heavy atom. The summed E-state index contributed by atoms with van der Waals surface area (Å²) in [5.74, 6) is -5.94. The first-order chi connectivity index (χ1) is 9.44. The van der Waals surface area contributed by atoms with Crippen LogP contribution in [0.3, 0.4) is 0 Å². The summed E-state index contributed by atoms with van der Waals surface area (Å²) in [6, 6.07) is -1.97. The lowest BCUT2D eigenvalue weighted by Crippen LogP contribution is -2.70. The number of ketones is 1. The maximum absolute atomic E-state index is 11.9. The fourth-order valence-electron chi connectivity index (χ4n) is 1.93. The van der Waals surface area contributed by atoms with Crippen LogP contribution in [0.25, 0.3) is 0 Å². The van der Waals surface area contributed by atoms with Crippen LogP contribution in [0.4, 0.5) is 0 Å². The molecule has 21 heavy (non-hydrogen) atoms. The van der Waals surface area contributed by atoms with Gasteiger partial charge in [-0.15, -0.1) is 0 Å². The summed E-state index contributed by atoms with van der Waals surface area (Å²) < 4.78 is 34.6. The predicted molar refractivity (Wildman–Crippen MR) is 64.3 cm³/mol. The normalized spacial score (nSPS) is 39.0. The number of aliphatic hydroxyl groups excluding tert-OH is 4. The Morgan fingerprint density at radius 3 is 2.24 bits per heavy atom. The summed E-state index contributed by atoms with van der Waals surface area (Å²) >= 11 is 0. The van der Waals surface area contributed by atoms with Gasteiger partial charge >= 0.3 is 0 Å². The molecule has 1 aliphatic rings. The standard InChI is InChI=1S/C9H17NO10S/c10-3(2-21(17,18)19)7(14)9(16)8(15)6(13)5(12)4(1-11)20-9/h3-6,8,11-13,15-16H,1-2,10H2,(H,17,18,19)/t3-,4+,5+,6-,8+,9+/m0/s1. The summed E-state index contributed by atoms with van der Waals surface area (Å²) in [4.78, 5) is 11.9. The number of hydrogen-bond acceptors (Lipinski definition) is 10. The van der Waals surface area contributed by atoms with Crippen molar-refractivity contribution in [1.82, 2.24) is 0 Å². The van der Waals surface area contributed by atoms with Crippen molar-refractivity contribution in [3.63, 3.8) is 0 Å². The van der Waals surface area contributed by atoms with Crippen LogP contribution in [0.5, 0.6) is 0 Å². The molecule has 1 saturated heterocycles. The zero-order chi connectivity index (χ0) is 16.6. The Balaban J connectivity index is 3.04. The van der Waals surface area contributed by atoms with Crippen molar-refractivity contribution in [2.45, 2.75) is 36.2 Å². The van der Waals surface area contributed by atoms with Crippen molar-refractivity contribution in [2.75, 3.05) is 12.4 Å². The quantitative estimate of drug-likeness (QED) is 0.237. The number of nitrogens with two attached hydrogens (primary N) is 1. The molecule has 0 aliphatic carbocycles. The zero-order valence-electron chi connectivity index (χ0n) is 10.6. The molecule has 1 fully saturated rings. The van der Waals surface area contributed by atoms with Crippen LogP contribution in [0, 0.1) is 0 Å². The van der Waals surface area contributed by atoms with Crippen LogP contribution >= 0.6 is 0 Å². The molecule has 0 amide bonds. The number of aliphatic hydroxyl groups is 5. The van der Waals surface area contributed by atoms with Crippen molar-refractivity contribution in [3.05, 3.63) is 0 Å². The highest BCUT2D eigenvalue weighted by Gasteiger charge is 2.58. The Bertz CT molecular complexity index is 493. The highest BCUT2D eigenvalue weighted by atomic mass is 32.2. The highest BCUT2D eigenvalue weighted by molar-refractivity contribution is 7.85. The molecule has 1 aliphatic heterocycles. The lowest BCUT2D eigenvalue weighted by atomic mass is 9.88. The Morgan fingerprint density at radius 1 is 1.29 bits per heavy atom. The SMILES string of the molecule is N[C@@H](CS(=O)(=O)O)C(=O)[C@@]1(O)O[C@H](CO)[C@@H](O)[C@H](O)[C@H]1O. The molecular weight excluding hydrogens is 314 g/mol. The summed E-state index contributed by atoms with van der Waals surface area (Å²) in [6.45, 7) is -0.909. The molecule has 0 aromatic rings. The molecule has 1 heterocycles. The molecule has 0 aromatic heterocycles. The molecule has 124 valence electrons. The zero-order valence-corrected chi connectivity index (χ0v) is 11.4. The van der Waals surface area contributed by atoms with Gasteiger partial charge < -0.3 is 36.0 Å². The summed E-state index contributed by atoms with van der Waals surface area (Å²) in [6.07, 6.45) is -7.80. The van der Waals surface area contributed by atoms with E-state index in [0.717, 1.165) is 0 Å². The summed E-state index contributed by atoms with van der Waals surface area (Å²) in [7, 11) is -4.65. The second-order valence-electron chi connectivity index (χ2n) is 4.68. The van der Waals surface area contributed by atoms with Crippen LogP contribution < -0.4 is 5.73 Å². The van der Waals surface area contributed by atoms with Gasteiger partial charge in [0, 0.05) is 0 Å². The fraction of sp³-hybridized carbons (Fsp3) is 0.889. The van der Waals surface area contributed by atoms with Crippen LogP contribution in [0.15, 0.2) is 0 Å². The average molecular weight is 331 g/mol. The first-order valence-corrected chi connectivity index (χ1v) is 7.35. The monoisotopic (exact) mass is 331 g/mol. The van der Waals surface area contributed by atoms with Gasteiger partial charge in [0.15, 0.2) is 0 Å². The van der Waals surface area contributed by atoms with E-state index in [-0.39, 0.29) is 0 Å². The van der Waals surface area contributed by atoms with E-state index in [1.807, 2.05) is 0 Å². The molecule has 0 saturated carbocycles. The number of Topliss-reactive ketones (excluding diaryl/α,β-unsaturated/α-hetero) is 1. The minimum Gasteiger partial charge on any atom is -0.394 e. The topological polar surface area (TPSA) is 208 Å². The molecule has 11 nitrogen and oxygen atoms in total. The first kappa shape index (κ1) is 18.3. The number of carbonyl (C=O) groups is 1. The van der Waals surface area contributed by atoms with E-state index in [9.17, 15) is 33.6 Å². The average Bonchev–Trinajstić information content (AvgIpc) is 2.37. The second-order valence-corrected chi connectivity index (χ2v) is 6.18. The van der Waals surface area contributed by atoms with Gasteiger partial charge in [0.25, 0.3) is 15.9 Å². The van der Waals surface area contributed by atoms with Gasteiger partial charge in [-0.25, -0.2) is 0 Å². The van der Waals surface area contributed by atoms with Gasteiger partial charge in [-0.2, -0.15) is 8.42 Å². The van der Waals surface area contributed by atoms with E-state index in [0.29, 0.717) is 0 Å². The van der Waals surface area contributed by atoms with E-state index < -0.39 is 64.5 Å². The maximum Gasteiger partial charge on any atom is 0.266 e. The molecule has 0 bridgehead atoms. The largest absolute Gasteiger partial charge is 0.394 e. The molecule has 1 rings (SSSR count). The lowest BCUT2D eigenvalue weighted by molar-refractivity contribution is -0.331. The number of hydrogen-bond donors (Lipinski definition) is 7. The van der Waals surface area contributed by atoms with E-state index in [1.54, 1.807) is 0 Å². The van der Waals surface area contributed by atoms with Gasteiger partial charge in [0.05, 0.1) is 18.4 Å². The number of carbonyl (C=O) groups excluding carboxylic acids is 1. The fourth-order valence-corrected chi connectivity index (χ4v) is 2.53. The van der Waals surface area contributed by atoms with Crippen molar-refractivity contribution in [1.29, 1.82) is 0 Å². The van der Waals surface area contributed by atoms with Gasteiger partial charge in [-0.3, -0.25) is 9.35 Å². The van der Waals surface area contributed by atoms with E-state index in [2.05, 4.69) is 4.74 Å². The maximum atomic E-state index is 11.9. The van der Waals surface area contributed by atoms with E-state index in [4.69, 9.17) is 15.4 Å². The summed E-state index contributed by atoms with van der Waals surface area (Å²) in [5.41, 5.74) is 5.20. The Labute approximate surface area is 119 Å². The third kappa shape index (κ3) is 3.74. The van der Waals surface area contributed by atoms with Gasteiger partial charge in [-0.05, 0) is 0 Å². The molecule has 0 spiro atoms. The van der Waals surface area contributed by atoms with Crippen molar-refractivity contribution in [2.24, 2.45) is 5.73 Å². The molecule has 6 atom stereocenters. The molecule has 8 N–H and O–H groups in total. The van der Waals surface area contributed by atoms with Crippen LogP contribution in [-0.4, -0.2) is 92.9 Å². The van der Waals surface area contributed by atoms with Gasteiger partial charge in [-0.1, -0.05) is 0 Å². The number of ether oxygens (including phenoxy) is 1. The van der Waals surface area contributed by atoms with Crippen LogP contribution in [0.1, 0.15) is 0 Å². The lowest BCUT2D eigenvalue weighted by Gasteiger charge is -2.44. The third-order valence-corrected chi connectivity index (χ3v) is 3.83. The highest BCUT2D eigenvalue weighted by Crippen LogP contribution is 2.29. The van der Waals surface area contributed by atoms with Crippen molar-refractivity contribution < 1.29 is 48.0 Å². The minimum atomic E-state index is -4.65.